The molecular formula is C15H22BrClN2O. The Kier molecular flexibility index (Phi) is 7.56. The lowest BCUT2D eigenvalue weighted by atomic mass is 10.2. The molecule has 0 aliphatic carbocycles. The van der Waals surface area contributed by atoms with Crippen molar-refractivity contribution in [3.8, 4) is 0 Å². The molecule has 5 heteroatoms. The lowest BCUT2D eigenvalue weighted by Gasteiger charge is -2.19. The second kappa shape index (κ2) is 8.65. The number of benzene rings is 1. The predicted molar refractivity (Wildman–Crippen MR) is 89.7 cm³/mol. The van der Waals surface area contributed by atoms with E-state index in [1.54, 1.807) is 0 Å². The van der Waals surface area contributed by atoms with Crippen LogP contribution in [0, 0.1) is 6.92 Å². The van der Waals surface area contributed by atoms with Crippen LogP contribution in [0.2, 0.25) is 0 Å². The molecule has 2 rings (SSSR count). The van der Waals surface area contributed by atoms with Gasteiger partial charge in [0.1, 0.15) is 0 Å². The molecule has 1 aliphatic rings. The Hall–Kier alpha value is -0.580. The number of likely N-dealkylation sites (tertiary alicyclic amines) is 1. The maximum absolute atomic E-state index is 12.0. The third-order valence-corrected chi connectivity index (χ3v) is 4.38. The molecule has 1 amide bonds. The van der Waals surface area contributed by atoms with E-state index in [4.69, 9.17) is 0 Å². The molecule has 1 aromatic rings. The number of rotatable bonds is 3. The van der Waals surface area contributed by atoms with Gasteiger partial charge < -0.3 is 5.32 Å². The zero-order chi connectivity index (χ0) is 13.7. The number of nitrogens with one attached hydrogen (secondary N) is 1. The van der Waals surface area contributed by atoms with Crippen LogP contribution in [0.15, 0.2) is 22.7 Å². The molecule has 0 atom stereocenters. The van der Waals surface area contributed by atoms with Gasteiger partial charge in [0.25, 0.3) is 0 Å². The molecule has 0 radical (unpaired) electrons. The highest BCUT2D eigenvalue weighted by Gasteiger charge is 2.13. The fourth-order valence-electron chi connectivity index (χ4n) is 2.37. The first-order valence-electron chi connectivity index (χ1n) is 6.93. The summed E-state index contributed by atoms with van der Waals surface area (Å²) < 4.78 is 1.03. The molecule has 3 nitrogen and oxygen atoms in total. The Balaban J connectivity index is 0.00000200. The molecule has 0 bridgehead atoms. The summed E-state index contributed by atoms with van der Waals surface area (Å²) in [5.74, 6) is 0.0812. The van der Waals surface area contributed by atoms with Crippen molar-refractivity contribution in [2.75, 3.05) is 25.0 Å². The van der Waals surface area contributed by atoms with Gasteiger partial charge in [-0.1, -0.05) is 34.8 Å². The fraction of sp³-hybridized carbons (Fsp3) is 0.533. The monoisotopic (exact) mass is 360 g/mol. The Labute approximate surface area is 135 Å². The van der Waals surface area contributed by atoms with Gasteiger partial charge in [0.2, 0.25) is 5.91 Å². The van der Waals surface area contributed by atoms with E-state index in [1.165, 1.54) is 31.2 Å². The smallest absolute Gasteiger partial charge is 0.238 e. The summed E-state index contributed by atoms with van der Waals surface area (Å²) in [6.07, 6.45) is 5.01. The number of hydrogen-bond acceptors (Lipinski definition) is 2. The van der Waals surface area contributed by atoms with Gasteiger partial charge in [-0.25, -0.2) is 0 Å². The van der Waals surface area contributed by atoms with Crippen LogP contribution in [-0.2, 0) is 4.79 Å². The third kappa shape index (κ3) is 5.43. The number of hydrogen-bond donors (Lipinski definition) is 1. The van der Waals surface area contributed by atoms with Crippen LogP contribution in [-0.4, -0.2) is 30.4 Å². The zero-order valence-corrected chi connectivity index (χ0v) is 14.2. The lowest BCUT2D eigenvalue weighted by molar-refractivity contribution is -0.117. The van der Waals surface area contributed by atoms with Crippen LogP contribution in [0.3, 0.4) is 0 Å². The van der Waals surface area contributed by atoms with E-state index in [1.807, 2.05) is 25.1 Å². The average Bonchev–Trinajstić information content (AvgIpc) is 2.62. The second-order valence-corrected chi connectivity index (χ2v) is 6.06. The van der Waals surface area contributed by atoms with Crippen molar-refractivity contribution < 1.29 is 4.79 Å². The van der Waals surface area contributed by atoms with Crippen molar-refractivity contribution in [3.05, 3.63) is 28.2 Å². The number of halogens is 2. The minimum absolute atomic E-state index is 0. The maximum atomic E-state index is 12.0. The van der Waals surface area contributed by atoms with Gasteiger partial charge in [-0.15, -0.1) is 12.4 Å². The average molecular weight is 362 g/mol. The van der Waals surface area contributed by atoms with E-state index in [-0.39, 0.29) is 18.3 Å². The zero-order valence-electron chi connectivity index (χ0n) is 11.8. The van der Waals surface area contributed by atoms with Gasteiger partial charge in [-0.05, 0) is 50.6 Å². The molecule has 1 N–H and O–H groups in total. The Morgan fingerprint density at radius 1 is 1.25 bits per heavy atom. The summed E-state index contributed by atoms with van der Waals surface area (Å²) in [6, 6.07) is 5.90. The first kappa shape index (κ1) is 17.5. The van der Waals surface area contributed by atoms with Crippen LogP contribution in [0.4, 0.5) is 5.69 Å². The summed E-state index contributed by atoms with van der Waals surface area (Å²) in [5.41, 5.74) is 2.03. The van der Waals surface area contributed by atoms with Crippen molar-refractivity contribution in [2.45, 2.75) is 32.6 Å². The third-order valence-electron chi connectivity index (χ3n) is 3.52. The van der Waals surface area contributed by atoms with Gasteiger partial charge in [0, 0.05) is 10.2 Å². The van der Waals surface area contributed by atoms with Crippen LogP contribution >= 0.6 is 28.3 Å². The largest absolute Gasteiger partial charge is 0.325 e. The first-order valence-corrected chi connectivity index (χ1v) is 7.73. The Morgan fingerprint density at radius 3 is 2.50 bits per heavy atom. The van der Waals surface area contributed by atoms with Crippen molar-refractivity contribution >= 4 is 39.9 Å². The van der Waals surface area contributed by atoms with Gasteiger partial charge in [0.05, 0.1) is 6.54 Å². The van der Waals surface area contributed by atoms with Gasteiger partial charge >= 0.3 is 0 Å². The number of carbonyl (C=O) groups excluding carboxylic acids is 1. The molecule has 1 saturated heterocycles. The van der Waals surface area contributed by atoms with E-state index in [0.717, 1.165) is 23.2 Å². The maximum Gasteiger partial charge on any atom is 0.238 e. The molecule has 1 fully saturated rings. The normalized spacial score (nSPS) is 16.1. The van der Waals surface area contributed by atoms with Crippen molar-refractivity contribution in [1.29, 1.82) is 0 Å². The quantitative estimate of drug-likeness (QED) is 0.882. The van der Waals surface area contributed by atoms with Crippen molar-refractivity contribution in [2.24, 2.45) is 0 Å². The molecule has 0 spiro atoms. The molecular weight excluding hydrogens is 340 g/mol. The number of aryl methyl sites for hydroxylation is 1. The minimum Gasteiger partial charge on any atom is -0.325 e. The predicted octanol–water partition coefficient (Wildman–Crippen LogP) is 3.99. The minimum atomic E-state index is 0. The van der Waals surface area contributed by atoms with Crippen LogP contribution in [0.1, 0.15) is 31.2 Å². The molecule has 1 heterocycles. The van der Waals surface area contributed by atoms with E-state index in [9.17, 15) is 4.79 Å². The van der Waals surface area contributed by atoms with Gasteiger partial charge in [-0.3, -0.25) is 9.69 Å². The topological polar surface area (TPSA) is 32.3 Å². The molecule has 1 aliphatic heterocycles. The SMILES string of the molecule is Cc1ccc(NC(=O)CN2CCCCCC2)cc1Br.Cl. The van der Waals surface area contributed by atoms with Gasteiger partial charge in [0.15, 0.2) is 0 Å². The first-order chi connectivity index (χ1) is 9.15. The van der Waals surface area contributed by atoms with Crippen LogP contribution < -0.4 is 5.32 Å². The molecule has 0 unspecified atom stereocenters. The summed E-state index contributed by atoms with van der Waals surface area (Å²) in [6.45, 7) is 4.63. The van der Waals surface area contributed by atoms with E-state index >= 15 is 0 Å². The van der Waals surface area contributed by atoms with Crippen LogP contribution in [0.25, 0.3) is 0 Å². The second-order valence-electron chi connectivity index (χ2n) is 5.20. The standard InChI is InChI=1S/C15H21BrN2O.ClH/c1-12-6-7-13(10-14(12)16)17-15(19)11-18-8-4-2-3-5-9-18;/h6-7,10H,2-5,8-9,11H2,1H3,(H,17,19);1H. The highest BCUT2D eigenvalue weighted by atomic mass is 79.9. The summed E-state index contributed by atoms with van der Waals surface area (Å²) in [7, 11) is 0. The molecule has 20 heavy (non-hydrogen) atoms. The molecule has 0 aromatic heterocycles. The number of amides is 1. The van der Waals surface area contributed by atoms with Crippen molar-refractivity contribution in [1.82, 2.24) is 4.90 Å². The molecule has 1 aromatic carbocycles. The molecule has 0 saturated carbocycles. The number of carbonyl (C=O) groups is 1. The summed E-state index contributed by atoms with van der Waals surface area (Å²) in [4.78, 5) is 14.3. The highest BCUT2D eigenvalue weighted by Crippen LogP contribution is 2.20. The van der Waals surface area contributed by atoms with E-state index in [2.05, 4.69) is 26.1 Å². The Bertz CT molecular complexity index is 445. The highest BCUT2D eigenvalue weighted by molar-refractivity contribution is 9.10. The van der Waals surface area contributed by atoms with E-state index < -0.39 is 0 Å². The summed E-state index contributed by atoms with van der Waals surface area (Å²) >= 11 is 3.48. The van der Waals surface area contributed by atoms with Crippen LogP contribution in [0.5, 0.6) is 0 Å². The Morgan fingerprint density at radius 2 is 1.90 bits per heavy atom. The fourth-order valence-corrected chi connectivity index (χ4v) is 2.75. The van der Waals surface area contributed by atoms with E-state index in [0.29, 0.717) is 6.54 Å². The van der Waals surface area contributed by atoms with Crippen molar-refractivity contribution in [3.63, 3.8) is 0 Å². The molecule has 112 valence electrons. The lowest BCUT2D eigenvalue weighted by Crippen LogP contribution is -2.33. The van der Waals surface area contributed by atoms with Gasteiger partial charge in [-0.2, -0.15) is 0 Å². The summed E-state index contributed by atoms with van der Waals surface area (Å²) in [5, 5.41) is 2.97. The number of anilines is 1. The number of nitrogens with zero attached hydrogens (tertiary/aromatic N) is 1.